The number of thiazole rings is 1. The fraction of sp³-hybridized carbons (Fsp3) is 0.130. The first-order chi connectivity index (χ1) is 14.9. The molecule has 1 amide bonds. The maximum Gasteiger partial charge on any atom is 0.297 e. The van der Waals surface area contributed by atoms with Crippen molar-refractivity contribution in [3.05, 3.63) is 91.2 Å². The molecule has 1 atom stereocenters. The van der Waals surface area contributed by atoms with Gasteiger partial charge in [-0.05, 0) is 30.7 Å². The van der Waals surface area contributed by atoms with Crippen molar-refractivity contribution in [2.24, 2.45) is 0 Å². The zero-order valence-electron chi connectivity index (χ0n) is 16.5. The van der Waals surface area contributed by atoms with Gasteiger partial charge in [0.05, 0.1) is 27.6 Å². The Bertz CT molecular complexity index is 1440. The largest absolute Gasteiger partial charge is 0.450 e. The molecule has 4 aromatic rings. The number of hydrogen-bond donors (Lipinski definition) is 0. The standard InChI is InChI=1S/C23H15ClN2O4S/c1-11-21(12(2)27)31-23(25-11)26-18(13-6-4-3-5-7-13)17-19(28)15-10-14(24)8-9-16(15)30-20(17)22(26)29/h3-10,18H,1-2H3. The third kappa shape index (κ3) is 3.00. The van der Waals surface area contributed by atoms with Gasteiger partial charge in [-0.15, -0.1) is 0 Å². The van der Waals surface area contributed by atoms with E-state index in [1.54, 1.807) is 25.1 Å². The summed E-state index contributed by atoms with van der Waals surface area (Å²) >= 11 is 7.23. The average Bonchev–Trinajstić information content (AvgIpc) is 3.27. The Hall–Kier alpha value is -3.29. The number of anilines is 1. The summed E-state index contributed by atoms with van der Waals surface area (Å²) in [5.41, 5.74) is 1.49. The molecule has 0 fully saturated rings. The van der Waals surface area contributed by atoms with Gasteiger partial charge in [0.15, 0.2) is 16.3 Å². The van der Waals surface area contributed by atoms with E-state index in [4.69, 9.17) is 16.0 Å². The summed E-state index contributed by atoms with van der Waals surface area (Å²) in [4.78, 5) is 45.3. The molecule has 8 heteroatoms. The summed E-state index contributed by atoms with van der Waals surface area (Å²) in [5.74, 6) is -0.621. The number of hydrogen-bond acceptors (Lipinski definition) is 6. The van der Waals surface area contributed by atoms with Gasteiger partial charge in [0.25, 0.3) is 5.91 Å². The van der Waals surface area contributed by atoms with Gasteiger partial charge < -0.3 is 4.42 Å². The lowest BCUT2D eigenvalue weighted by atomic mass is 9.99. The Kier molecular flexibility index (Phi) is 4.53. The van der Waals surface area contributed by atoms with E-state index in [9.17, 15) is 14.4 Å². The predicted molar refractivity (Wildman–Crippen MR) is 119 cm³/mol. The molecule has 6 nitrogen and oxygen atoms in total. The maximum absolute atomic E-state index is 13.5. The minimum absolute atomic E-state index is 0.0223. The number of benzene rings is 2. The quantitative estimate of drug-likeness (QED) is 0.402. The highest BCUT2D eigenvalue weighted by atomic mass is 35.5. The second-order valence-corrected chi connectivity index (χ2v) is 8.68. The highest BCUT2D eigenvalue weighted by Gasteiger charge is 2.45. The zero-order valence-corrected chi connectivity index (χ0v) is 18.1. The second kappa shape index (κ2) is 7.14. The van der Waals surface area contributed by atoms with Crippen molar-refractivity contribution >= 4 is 50.7 Å². The van der Waals surface area contributed by atoms with Gasteiger partial charge in [0, 0.05) is 11.9 Å². The third-order valence-electron chi connectivity index (χ3n) is 5.26. The number of ketones is 1. The fourth-order valence-corrected chi connectivity index (χ4v) is 5.07. The Morgan fingerprint density at radius 2 is 1.90 bits per heavy atom. The molecular formula is C23H15ClN2O4S. The summed E-state index contributed by atoms with van der Waals surface area (Å²) in [6.07, 6.45) is 0. The minimum atomic E-state index is -0.728. The van der Waals surface area contributed by atoms with E-state index in [1.807, 2.05) is 30.3 Å². The number of aromatic nitrogens is 1. The molecule has 0 aliphatic carbocycles. The lowest BCUT2D eigenvalue weighted by Crippen LogP contribution is -2.29. The van der Waals surface area contributed by atoms with Gasteiger partial charge in [-0.25, -0.2) is 4.98 Å². The van der Waals surface area contributed by atoms with E-state index in [0.29, 0.717) is 26.1 Å². The first-order valence-electron chi connectivity index (χ1n) is 9.50. The number of amides is 1. The summed E-state index contributed by atoms with van der Waals surface area (Å²) in [6, 6.07) is 13.2. The van der Waals surface area contributed by atoms with Crippen LogP contribution in [0.25, 0.3) is 11.0 Å². The monoisotopic (exact) mass is 450 g/mol. The molecule has 3 heterocycles. The van der Waals surface area contributed by atoms with Crippen molar-refractivity contribution in [2.45, 2.75) is 19.9 Å². The van der Waals surface area contributed by atoms with Crippen LogP contribution in [0.5, 0.6) is 0 Å². The molecule has 0 saturated heterocycles. The van der Waals surface area contributed by atoms with E-state index < -0.39 is 11.9 Å². The van der Waals surface area contributed by atoms with Crippen LogP contribution in [-0.4, -0.2) is 16.7 Å². The molecule has 1 aliphatic rings. The Balaban J connectivity index is 1.81. The molecule has 0 radical (unpaired) electrons. The van der Waals surface area contributed by atoms with Gasteiger partial charge in [0.1, 0.15) is 5.58 Å². The molecule has 0 bridgehead atoms. The van der Waals surface area contributed by atoms with Gasteiger partial charge in [-0.2, -0.15) is 0 Å². The predicted octanol–water partition coefficient (Wildman–Crippen LogP) is 5.16. The molecule has 31 heavy (non-hydrogen) atoms. The van der Waals surface area contributed by atoms with Gasteiger partial charge in [-0.3, -0.25) is 19.3 Å². The Morgan fingerprint density at radius 1 is 1.16 bits per heavy atom. The van der Waals surface area contributed by atoms with Crippen LogP contribution in [0.3, 0.4) is 0 Å². The molecule has 1 unspecified atom stereocenters. The van der Waals surface area contributed by atoms with Crippen LogP contribution in [0.4, 0.5) is 5.13 Å². The molecule has 0 N–H and O–H groups in total. The summed E-state index contributed by atoms with van der Waals surface area (Å²) < 4.78 is 5.90. The van der Waals surface area contributed by atoms with Crippen molar-refractivity contribution in [2.75, 3.05) is 4.90 Å². The molecule has 2 aromatic heterocycles. The number of aryl methyl sites for hydroxylation is 1. The third-order valence-corrected chi connectivity index (χ3v) is 6.75. The van der Waals surface area contributed by atoms with Crippen LogP contribution in [-0.2, 0) is 0 Å². The fourth-order valence-electron chi connectivity index (χ4n) is 3.90. The Morgan fingerprint density at radius 3 is 2.58 bits per heavy atom. The SMILES string of the molecule is CC(=O)c1sc(N2C(=O)c3oc4ccc(Cl)cc4c(=O)c3C2c2ccccc2)nc1C. The second-order valence-electron chi connectivity index (χ2n) is 7.27. The van der Waals surface area contributed by atoms with Crippen molar-refractivity contribution in [1.82, 2.24) is 4.98 Å². The highest BCUT2D eigenvalue weighted by molar-refractivity contribution is 7.17. The first kappa shape index (κ1) is 19.7. The van der Waals surface area contributed by atoms with E-state index >= 15 is 0 Å². The molecule has 0 saturated carbocycles. The molecule has 0 spiro atoms. The van der Waals surface area contributed by atoms with Crippen LogP contribution in [0.1, 0.15) is 50.0 Å². The first-order valence-corrected chi connectivity index (χ1v) is 10.7. The van der Waals surface area contributed by atoms with E-state index in [-0.39, 0.29) is 28.1 Å². The summed E-state index contributed by atoms with van der Waals surface area (Å²) in [5, 5.41) is 1.05. The Labute approximate surface area is 185 Å². The lowest BCUT2D eigenvalue weighted by Gasteiger charge is -2.22. The van der Waals surface area contributed by atoms with Crippen molar-refractivity contribution < 1.29 is 14.0 Å². The molecule has 154 valence electrons. The normalized spacial score (nSPS) is 15.5. The number of carbonyl (C=O) groups is 2. The van der Waals surface area contributed by atoms with Crippen LogP contribution in [0.2, 0.25) is 5.02 Å². The number of carbonyl (C=O) groups excluding carboxylic acids is 2. The van der Waals surface area contributed by atoms with E-state index in [1.165, 1.54) is 11.8 Å². The minimum Gasteiger partial charge on any atom is -0.450 e. The number of Topliss-reactive ketones (excluding diaryl/α,β-unsaturated/α-hetero) is 1. The molecular weight excluding hydrogens is 436 g/mol. The average molecular weight is 451 g/mol. The number of fused-ring (bicyclic) bond motifs is 2. The van der Waals surface area contributed by atoms with Crippen LogP contribution >= 0.6 is 22.9 Å². The highest BCUT2D eigenvalue weighted by Crippen LogP contribution is 2.43. The van der Waals surface area contributed by atoms with Crippen LogP contribution in [0.15, 0.2) is 57.7 Å². The molecule has 1 aliphatic heterocycles. The number of nitrogens with zero attached hydrogens (tertiary/aromatic N) is 2. The molecule has 5 rings (SSSR count). The molecule has 2 aromatic carbocycles. The maximum atomic E-state index is 13.5. The topological polar surface area (TPSA) is 80.5 Å². The van der Waals surface area contributed by atoms with Gasteiger partial charge >= 0.3 is 0 Å². The summed E-state index contributed by atoms with van der Waals surface area (Å²) in [7, 11) is 0. The lowest BCUT2D eigenvalue weighted by molar-refractivity contribution is 0.0969. The van der Waals surface area contributed by atoms with E-state index in [2.05, 4.69) is 4.98 Å². The zero-order chi connectivity index (χ0) is 21.9. The van der Waals surface area contributed by atoms with Crippen molar-refractivity contribution in [3.8, 4) is 0 Å². The van der Waals surface area contributed by atoms with Gasteiger partial charge in [-0.1, -0.05) is 53.3 Å². The van der Waals surface area contributed by atoms with Gasteiger partial charge in [0.2, 0.25) is 5.76 Å². The number of rotatable bonds is 3. The summed E-state index contributed by atoms with van der Waals surface area (Å²) in [6.45, 7) is 3.18. The van der Waals surface area contributed by atoms with Crippen molar-refractivity contribution in [1.29, 1.82) is 0 Å². The smallest absolute Gasteiger partial charge is 0.297 e. The van der Waals surface area contributed by atoms with E-state index in [0.717, 1.165) is 16.9 Å². The number of halogens is 1. The van der Waals surface area contributed by atoms with Crippen molar-refractivity contribution in [3.63, 3.8) is 0 Å². The van der Waals surface area contributed by atoms with Crippen LogP contribution < -0.4 is 10.3 Å². The van der Waals surface area contributed by atoms with Crippen LogP contribution in [0, 0.1) is 6.92 Å².